The summed E-state index contributed by atoms with van der Waals surface area (Å²) in [4.78, 5) is 1.71. The fourth-order valence-electron chi connectivity index (χ4n) is 2.74. The predicted octanol–water partition coefficient (Wildman–Crippen LogP) is 2.84. The van der Waals surface area contributed by atoms with E-state index in [2.05, 4.69) is 21.2 Å². The Balaban J connectivity index is 0.00000264. The third kappa shape index (κ3) is 5.00. The van der Waals surface area contributed by atoms with Gasteiger partial charge in [-0.2, -0.15) is 0 Å². The molecule has 8 heteroatoms. The molecule has 1 aliphatic rings. The first-order valence-corrected chi connectivity index (χ1v) is 8.14. The Morgan fingerprint density at radius 2 is 2.04 bits per heavy atom. The fourth-order valence-corrected chi connectivity index (χ4v) is 3.12. The van der Waals surface area contributed by atoms with Crippen molar-refractivity contribution in [3.8, 4) is 5.75 Å². The average molecular weight is 416 g/mol. The van der Waals surface area contributed by atoms with Crippen LogP contribution in [0.3, 0.4) is 0 Å². The number of aliphatic hydroxyl groups excluding tert-OH is 1. The molecule has 0 unspecified atom stereocenters. The topological polar surface area (TPSA) is 44.7 Å². The molecule has 23 heavy (non-hydrogen) atoms. The van der Waals surface area contributed by atoms with Gasteiger partial charge in [-0.15, -0.1) is 12.4 Å². The van der Waals surface area contributed by atoms with Crippen LogP contribution in [0.5, 0.6) is 5.75 Å². The lowest BCUT2D eigenvalue weighted by Gasteiger charge is -2.39. The highest BCUT2D eigenvalue weighted by Crippen LogP contribution is 2.41. The van der Waals surface area contributed by atoms with Crippen molar-refractivity contribution < 1.29 is 18.6 Å². The molecular formula is C15H22BrClF2N2O2. The van der Waals surface area contributed by atoms with E-state index in [0.29, 0.717) is 48.6 Å². The van der Waals surface area contributed by atoms with E-state index in [1.165, 1.54) is 0 Å². The molecular weight excluding hydrogens is 394 g/mol. The number of hydrogen-bond donors (Lipinski definition) is 2. The average Bonchev–Trinajstić information content (AvgIpc) is 2.51. The van der Waals surface area contributed by atoms with Crippen molar-refractivity contribution in [3.63, 3.8) is 0 Å². The molecule has 0 bridgehead atoms. The van der Waals surface area contributed by atoms with Crippen molar-refractivity contribution >= 4 is 28.3 Å². The van der Waals surface area contributed by atoms with E-state index >= 15 is 0 Å². The molecule has 1 atom stereocenters. The maximum absolute atomic E-state index is 14.5. The highest BCUT2D eigenvalue weighted by molar-refractivity contribution is 9.10. The lowest BCUT2D eigenvalue weighted by Crippen LogP contribution is -2.51. The Labute approximate surface area is 149 Å². The molecule has 1 saturated heterocycles. The van der Waals surface area contributed by atoms with Crippen LogP contribution in [0.15, 0.2) is 22.7 Å². The van der Waals surface area contributed by atoms with Crippen LogP contribution in [0.1, 0.15) is 18.5 Å². The van der Waals surface area contributed by atoms with Gasteiger partial charge in [0.25, 0.3) is 5.92 Å². The molecule has 4 nitrogen and oxygen atoms in total. The molecule has 0 amide bonds. The van der Waals surface area contributed by atoms with E-state index in [1.807, 2.05) is 6.92 Å². The third-order valence-corrected chi connectivity index (χ3v) is 4.19. The van der Waals surface area contributed by atoms with Crippen molar-refractivity contribution in [1.29, 1.82) is 0 Å². The first kappa shape index (κ1) is 20.6. The number of aliphatic hydroxyl groups is 1. The highest BCUT2D eigenvalue weighted by atomic mass is 79.9. The van der Waals surface area contributed by atoms with Gasteiger partial charge in [-0.3, -0.25) is 4.90 Å². The third-order valence-electron chi connectivity index (χ3n) is 3.69. The van der Waals surface area contributed by atoms with E-state index in [4.69, 9.17) is 4.74 Å². The van der Waals surface area contributed by atoms with Gasteiger partial charge in [0.15, 0.2) is 0 Å². The highest BCUT2D eigenvalue weighted by Gasteiger charge is 2.45. The Hall–Kier alpha value is -0.470. The summed E-state index contributed by atoms with van der Waals surface area (Å²) in [7, 11) is 0. The summed E-state index contributed by atoms with van der Waals surface area (Å²) in [6.07, 6.45) is 0. The van der Waals surface area contributed by atoms with Crippen LogP contribution in [0.4, 0.5) is 8.78 Å². The lowest BCUT2D eigenvalue weighted by molar-refractivity contribution is -0.119. The van der Waals surface area contributed by atoms with Crippen molar-refractivity contribution in [1.82, 2.24) is 10.2 Å². The molecule has 2 rings (SSSR count). The summed E-state index contributed by atoms with van der Waals surface area (Å²) in [6.45, 7) is 3.31. The number of ether oxygens (including phenoxy) is 1. The van der Waals surface area contributed by atoms with Gasteiger partial charge in [0, 0.05) is 36.2 Å². The van der Waals surface area contributed by atoms with Crippen LogP contribution in [0, 0.1) is 0 Å². The molecule has 2 N–H and O–H groups in total. The number of halogens is 4. The number of hydrogen-bond acceptors (Lipinski definition) is 4. The zero-order chi connectivity index (χ0) is 16.2. The van der Waals surface area contributed by atoms with Crippen molar-refractivity contribution in [3.05, 3.63) is 28.2 Å². The van der Waals surface area contributed by atoms with Crippen molar-refractivity contribution in [2.75, 3.05) is 39.4 Å². The lowest BCUT2D eigenvalue weighted by atomic mass is 9.97. The van der Waals surface area contributed by atoms with Crippen LogP contribution >= 0.6 is 28.3 Å². The Bertz CT molecular complexity index is 502. The van der Waals surface area contributed by atoms with Gasteiger partial charge in [0.1, 0.15) is 18.4 Å². The standard InChI is InChI=1S/C15H21BrF2N2O2.ClH/c1-2-22-13-4-3-11(16)9-12(13)14(15(17,18)10-21)20-7-5-19-6-8-20;/h3-4,9,14,19,21H,2,5-8,10H2,1H3;1H/t14-;/m1./s1. The summed E-state index contributed by atoms with van der Waals surface area (Å²) in [5.41, 5.74) is 0.400. The van der Waals surface area contributed by atoms with Crippen LogP contribution < -0.4 is 10.1 Å². The summed E-state index contributed by atoms with van der Waals surface area (Å²) in [6, 6.07) is 3.89. The Morgan fingerprint density at radius 1 is 1.39 bits per heavy atom. The quantitative estimate of drug-likeness (QED) is 0.750. The van der Waals surface area contributed by atoms with Gasteiger partial charge in [-0.05, 0) is 25.1 Å². The van der Waals surface area contributed by atoms with E-state index in [9.17, 15) is 13.9 Å². The van der Waals surface area contributed by atoms with Gasteiger partial charge in [-0.1, -0.05) is 15.9 Å². The van der Waals surface area contributed by atoms with Crippen LogP contribution in [0.2, 0.25) is 0 Å². The molecule has 0 spiro atoms. The van der Waals surface area contributed by atoms with Crippen molar-refractivity contribution in [2.45, 2.75) is 18.9 Å². The summed E-state index contributed by atoms with van der Waals surface area (Å²) < 4.78 is 35.1. The van der Waals surface area contributed by atoms with Crippen LogP contribution in [-0.4, -0.2) is 55.3 Å². The second-order valence-corrected chi connectivity index (χ2v) is 6.14. The second kappa shape index (κ2) is 9.13. The van der Waals surface area contributed by atoms with E-state index in [1.54, 1.807) is 23.1 Å². The molecule has 0 radical (unpaired) electrons. The van der Waals surface area contributed by atoms with Gasteiger partial charge >= 0.3 is 0 Å². The summed E-state index contributed by atoms with van der Waals surface area (Å²) in [5.74, 6) is -2.81. The normalized spacial score (nSPS) is 17.4. The first-order valence-electron chi connectivity index (χ1n) is 7.35. The minimum Gasteiger partial charge on any atom is -0.494 e. The molecule has 1 aromatic rings. The maximum atomic E-state index is 14.5. The maximum Gasteiger partial charge on any atom is 0.290 e. The molecule has 0 aliphatic carbocycles. The number of alkyl halides is 2. The van der Waals surface area contributed by atoms with E-state index < -0.39 is 18.6 Å². The zero-order valence-corrected chi connectivity index (χ0v) is 15.3. The monoisotopic (exact) mass is 414 g/mol. The Morgan fingerprint density at radius 3 is 2.61 bits per heavy atom. The molecule has 1 aromatic carbocycles. The number of piperazine rings is 1. The zero-order valence-electron chi connectivity index (χ0n) is 12.9. The van der Waals surface area contributed by atoms with Gasteiger partial charge < -0.3 is 15.2 Å². The number of rotatable bonds is 6. The summed E-state index contributed by atoms with van der Waals surface area (Å²) >= 11 is 3.33. The Kier molecular flexibility index (Phi) is 8.17. The summed E-state index contributed by atoms with van der Waals surface area (Å²) in [5, 5.41) is 12.4. The van der Waals surface area contributed by atoms with Crippen LogP contribution in [-0.2, 0) is 0 Å². The molecule has 1 heterocycles. The predicted molar refractivity (Wildman–Crippen MR) is 91.8 cm³/mol. The van der Waals surface area contributed by atoms with Crippen LogP contribution in [0.25, 0.3) is 0 Å². The number of nitrogens with zero attached hydrogens (tertiary/aromatic N) is 1. The van der Waals surface area contributed by atoms with Gasteiger partial charge in [0.05, 0.1) is 6.61 Å². The van der Waals surface area contributed by atoms with E-state index in [0.717, 1.165) is 0 Å². The first-order chi connectivity index (χ1) is 10.5. The number of benzene rings is 1. The molecule has 0 aromatic heterocycles. The smallest absolute Gasteiger partial charge is 0.290 e. The number of nitrogens with one attached hydrogen (secondary N) is 1. The van der Waals surface area contributed by atoms with Gasteiger partial charge in [-0.25, -0.2) is 8.78 Å². The largest absolute Gasteiger partial charge is 0.494 e. The minimum absolute atomic E-state index is 0. The van der Waals surface area contributed by atoms with E-state index in [-0.39, 0.29) is 12.4 Å². The van der Waals surface area contributed by atoms with Gasteiger partial charge in [0.2, 0.25) is 0 Å². The minimum atomic E-state index is -3.25. The molecule has 0 saturated carbocycles. The molecule has 1 aliphatic heterocycles. The second-order valence-electron chi connectivity index (χ2n) is 5.22. The molecule has 1 fully saturated rings. The SMILES string of the molecule is CCOc1ccc(Br)cc1[C@@H](N1CCNCC1)C(F)(F)CO.Cl. The molecule has 132 valence electrons. The van der Waals surface area contributed by atoms with Crippen molar-refractivity contribution in [2.24, 2.45) is 0 Å². The fraction of sp³-hybridized carbons (Fsp3) is 0.600.